The number of hydrogen-bond acceptors (Lipinski definition) is 5. The number of hydrogen-bond donors (Lipinski definition) is 1. The molecular weight excluding hydrogens is 234 g/mol. The fourth-order valence-corrected chi connectivity index (χ4v) is 3.85. The summed E-state index contributed by atoms with van der Waals surface area (Å²) in [6.07, 6.45) is 6.11. The van der Waals surface area contributed by atoms with E-state index in [1.165, 1.54) is 25.0 Å². The summed E-state index contributed by atoms with van der Waals surface area (Å²) in [5, 5.41) is 8.16. The minimum atomic E-state index is 0.464. The molecule has 4 nitrogen and oxygen atoms in total. The van der Waals surface area contributed by atoms with Gasteiger partial charge in [0.1, 0.15) is 0 Å². The first-order chi connectivity index (χ1) is 8.42. The van der Waals surface area contributed by atoms with E-state index in [1.807, 2.05) is 0 Å². The lowest BCUT2D eigenvalue weighted by atomic mass is 10.1. The Hall–Kier alpha value is -0.550. The van der Waals surface area contributed by atoms with Crippen LogP contribution in [0.15, 0.2) is 4.52 Å². The number of rotatable bonds is 3. The topological polar surface area (TPSA) is 51.0 Å². The van der Waals surface area contributed by atoms with Gasteiger partial charge in [0.2, 0.25) is 5.89 Å². The molecule has 1 aromatic heterocycles. The smallest absolute Gasteiger partial charge is 0.227 e. The predicted octanol–water partition coefficient (Wildman–Crippen LogP) is 1.97. The highest BCUT2D eigenvalue weighted by atomic mass is 32.2. The normalized spacial score (nSPS) is 29.6. The van der Waals surface area contributed by atoms with Crippen molar-refractivity contribution in [1.29, 1.82) is 0 Å². The summed E-state index contributed by atoms with van der Waals surface area (Å²) < 4.78 is 5.38. The van der Waals surface area contributed by atoms with Crippen molar-refractivity contribution in [2.24, 2.45) is 0 Å². The summed E-state index contributed by atoms with van der Waals surface area (Å²) in [6.45, 7) is 2.07. The summed E-state index contributed by atoms with van der Waals surface area (Å²) in [5.74, 6) is 3.50. The molecule has 0 aliphatic carbocycles. The van der Waals surface area contributed by atoms with Crippen molar-refractivity contribution >= 4 is 11.8 Å². The number of nitrogens with zero attached hydrogens (tertiary/aromatic N) is 2. The van der Waals surface area contributed by atoms with E-state index in [9.17, 15) is 0 Å². The van der Waals surface area contributed by atoms with Crippen molar-refractivity contribution in [3.8, 4) is 0 Å². The minimum absolute atomic E-state index is 0.464. The summed E-state index contributed by atoms with van der Waals surface area (Å²) in [7, 11) is 0. The average molecular weight is 253 g/mol. The van der Waals surface area contributed by atoms with Gasteiger partial charge in [-0.2, -0.15) is 16.7 Å². The molecule has 0 bridgehead atoms. The molecule has 2 saturated heterocycles. The van der Waals surface area contributed by atoms with Gasteiger partial charge < -0.3 is 9.84 Å². The molecular formula is C12H19N3OS. The van der Waals surface area contributed by atoms with Gasteiger partial charge in [-0.15, -0.1) is 0 Å². The highest BCUT2D eigenvalue weighted by Gasteiger charge is 2.23. The lowest BCUT2D eigenvalue weighted by Gasteiger charge is -2.19. The van der Waals surface area contributed by atoms with Crippen LogP contribution in [0.1, 0.15) is 43.3 Å². The van der Waals surface area contributed by atoms with Gasteiger partial charge in [0.05, 0.1) is 0 Å². The SMILES string of the molecule is C1CCC(Cc2nc(C3CCNC3)no2)SC1. The van der Waals surface area contributed by atoms with Crippen LogP contribution in [0.2, 0.25) is 0 Å². The van der Waals surface area contributed by atoms with E-state index in [1.54, 1.807) is 0 Å². The minimum Gasteiger partial charge on any atom is -0.339 e. The zero-order valence-corrected chi connectivity index (χ0v) is 10.8. The monoisotopic (exact) mass is 253 g/mol. The predicted molar refractivity (Wildman–Crippen MR) is 68.3 cm³/mol. The van der Waals surface area contributed by atoms with Crippen molar-refractivity contribution in [1.82, 2.24) is 15.5 Å². The zero-order chi connectivity index (χ0) is 11.5. The van der Waals surface area contributed by atoms with Crippen LogP contribution in [0.5, 0.6) is 0 Å². The lowest BCUT2D eigenvalue weighted by Crippen LogP contribution is -2.13. The first kappa shape index (κ1) is 11.5. The van der Waals surface area contributed by atoms with Gasteiger partial charge in [-0.25, -0.2) is 0 Å². The maximum absolute atomic E-state index is 5.38. The molecule has 17 heavy (non-hydrogen) atoms. The number of aromatic nitrogens is 2. The fraction of sp³-hybridized carbons (Fsp3) is 0.833. The second kappa shape index (κ2) is 5.40. The van der Waals surface area contributed by atoms with Gasteiger partial charge >= 0.3 is 0 Å². The zero-order valence-electron chi connectivity index (χ0n) is 10.0. The van der Waals surface area contributed by atoms with Crippen molar-refractivity contribution in [3.05, 3.63) is 11.7 Å². The molecule has 0 amide bonds. The molecule has 0 spiro atoms. The lowest BCUT2D eigenvalue weighted by molar-refractivity contribution is 0.367. The van der Waals surface area contributed by atoms with E-state index in [0.717, 1.165) is 37.6 Å². The second-order valence-corrected chi connectivity index (χ2v) is 6.34. The van der Waals surface area contributed by atoms with E-state index in [4.69, 9.17) is 4.52 Å². The van der Waals surface area contributed by atoms with Crippen LogP contribution in [0, 0.1) is 0 Å². The molecule has 2 atom stereocenters. The average Bonchev–Trinajstić information content (AvgIpc) is 3.00. The number of thioether (sulfide) groups is 1. The Balaban J connectivity index is 1.59. The third-order valence-corrected chi connectivity index (χ3v) is 4.98. The molecule has 5 heteroatoms. The Bertz CT molecular complexity index is 356. The summed E-state index contributed by atoms with van der Waals surface area (Å²) in [4.78, 5) is 4.56. The first-order valence-electron chi connectivity index (χ1n) is 6.56. The van der Waals surface area contributed by atoms with Gasteiger partial charge in [0.25, 0.3) is 0 Å². The molecule has 0 radical (unpaired) electrons. The maximum Gasteiger partial charge on any atom is 0.227 e. The fourth-order valence-electron chi connectivity index (χ4n) is 2.55. The standard InChI is InChI=1S/C12H19N3OS/c1-2-6-17-10(3-1)7-11-14-12(15-16-11)9-4-5-13-8-9/h9-10,13H,1-8H2. The van der Waals surface area contributed by atoms with Gasteiger partial charge in [-0.1, -0.05) is 11.6 Å². The van der Waals surface area contributed by atoms with Crippen molar-refractivity contribution < 1.29 is 4.52 Å². The number of nitrogens with one attached hydrogen (secondary N) is 1. The molecule has 0 aromatic carbocycles. The van der Waals surface area contributed by atoms with Gasteiger partial charge in [-0.3, -0.25) is 0 Å². The van der Waals surface area contributed by atoms with Crippen molar-refractivity contribution in [3.63, 3.8) is 0 Å². The third kappa shape index (κ3) is 2.83. The molecule has 0 saturated carbocycles. The largest absolute Gasteiger partial charge is 0.339 e. The Kier molecular flexibility index (Phi) is 3.66. The molecule has 1 aromatic rings. The van der Waals surface area contributed by atoms with E-state index < -0.39 is 0 Å². The van der Waals surface area contributed by atoms with E-state index in [-0.39, 0.29) is 0 Å². The summed E-state index contributed by atoms with van der Waals surface area (Å²) in [5.41, 5.74) is 0. The molecule has 2 aliphatic rings. The summed E-state index contributed by atoms with van der Waals surface area (Å²) >= 11 is 2.06. The molecule has 2 fully saturated rings. The van der Waals surface area contributed by atoms with Crippen molar-refractivity contribution in [2.45, 2.75) is 43.3 Å². The van der Waals surface area contributed by atoms with Gasteiger partial charge in [-0.05, 0) is 31.6 Å². The van der Waals surface area contributed by atoms with Gasteiger partial charge in [0.15, 0.2) is 5.82 Å². The molecule has 1 N–H and O–H groups in total. The molecule has 2 unspecified atom stereocenters. The van der Waals surface area contributed by atoms with E-state index >= 15 is 0 Å². The van der Waals surface area contributed by atoms with Crippen LogP contribution in [-0.2, 0) is 6.42 Å². The van der Waals surface area contributed by atoms with Crippen LogP contribution in [0.4, 0.5) is 0 Å². The van der Waals surface area contributed by atoms with Gasteiger partial charge in [0, 0.05) is 24.1 Å². The van der Waals surface area contributed by atoms with Crippen LogP contribution in [-0.4, -0.2) is 34.2 Å². The second-order valence-electron chi connectivity index (χ2n) is 4.93. The maximum atomic E-state index is 5.38. The van der Waals surface area contributed by atoms with Crippen molar-refractivity contribution in [2.75, 3.05) is 18.8 Å². The Labute approximate surface area is 106 Å². The van der Waals surface area contributed by atoms with Crippen LogP contribution in [0.25, 0.3) is 0 Å². The van der Waals surface area contributed by atoms with Crippen LogP contribution >= 0.6 is 11.8 Å². The highest BCUT2D eigenvalue weighted by Crippen LogP contribution is 2.28. The Morgan fingerprint density at radius 3 is 3.12 bits per heavy atom. The molecule has 2 aliphatic heterocycles. The van der Waals surface area contributed by atoms with Crippen LogP contribution < -0.4 is 5.32 Å². The van der Waals surface area contributed by atoms with E-state index in [0.29, 0.717) is 11.2 Å². The third-order valence-electron chi connectivity index (χ3n) is 3.59. The highest BCUT2D eigenvalue weighted by molar-refractivity contribution is 7.99. The molecule has 3 heterocycles. The first-order valence-corrected chi connectivity index (χ1v) is 7.61. The Morgan fingerprint density at radius 1 is 1.35 bits per heavy atom. The molecule has 3 rings (SSSR count). The van der Waals surface area contributed by atoms with E-state index in [2.05, 4.69) is 27.2 Å². The Morgan fingerprint density at radius 2 is 2.35 bits per heavy atom. The summed E-state index contributed by atoms with van der Waals surface area (Å²) in [6, 6.07) is 0. The van der Waals surface area contributed by atoms with Crippen LogP contribution in [0.3, 0.4) is 0 Å². The quantitative estimate of drug-likeness (QED) is 0.892. The molecule has 94 valence electrons.